The van der Waals surface area contributed by atoms with E-state index >= 15 is 0 Å². The molecule has 1 aliphatic heterocycles. The maximum absolute atomic E-state index is 13.0. The third-order valence-electron chi connectivity index (χ3n) is 2.97. The lowest BCUT2D eigenvalue weighted by Gasteiger charge is -2.27. The predicted octanol–water partition coefficient (Wildman–Crippen LogP) is 1.35. The topological polar surface area (TPSA) is 32.3 Å². The van der Waals surface area contributed by atoms with Gasteiger partial charge in [-0.2, -0.15) is 9.37 Å². The summed E-state index contributed by atoms with van der Waals surface area (Å²) in [5.74, 6) is 1.19. The highest BCUT2D eigenvalue weighted by atomic mass is 19.1. The summed E-state index contributed by atoms with van der Waals surface area (Å²) in [6.45, 7) is 6.13. The standard InChI is InChI=1S/C11H17FN4/c1-8(2)9-6-15(3)7-16(9)10-4-5-13-11(12)14-10/h4-5,8-9H,6-7H2,1-3H3/t9-/m1/s1. The number of rotatable bonds is 2. The molecule has 0 spiro atoms. The van der Waals surface area contributed by atoms with Gasteiger partial charge in [-0.3, -0.25) is 4.90 Å². The van der Waals surface area contributed by atoms with Gasteiger partial charge in [0, 0.05) is 18.8 Å². The van der Waals surface area contributed by atoms with E-state index in [0.717, 1.165) is 13.2 Å². The van der Waals surface area contributed by atoms with Crippen LogP contribution in [0.4, 0.5) is 10.2 Å². The molecule has 0 radical (unpaired) electrons. The van der Waals surface area contributed by atoms with Gasteiger partial charge >= 0.3 is 6.08 Å². The number of aromatic nitrogens is 2. The van der Waals surface area contributed by atoms with Crippen molar-refractivity contribution in [1.82, 2.24) is 14.9 Å². The van der Waals surface area contributed by atoms with Crippen LogP contribution in [-0.2, 0) is 0 Å². The molecule has 1 aromatic rings. The first kappa shape index (κ1) is 11.3. The van der Waals surface area contributed by atoms with Crippen molar-refractivity contribution in [2.45, 2.75) is 19.9 Å². The van der Waals surface area contributed by atoms with E-state index < -0.39 is 6.08 Å². The van der Waals surface area contributed by atoms with Crippen molar-refractivity contribution in [3.8, 4) is 0 Å². The SMILES string of the molecule is CC(C)[C@H]1CN(C)CN1c1ccnc(F)n1. The van der Waals surface area contributed by atoms with Crippen LogP contribution in [0.15, 0.2) is 12.3 Å². The van der Waals surface area contributed by atoms with Crippen LogP contribution in [0.3, 0.4) is 0 Å². The van der Waals surface area contributed by atoms with Gasteiger partial charge in [0.05, 0.1) is 6.67 Å². The molecular formula is C11H17FN4. The number of hydrogen-bond donors (Lipinski definition) is 0. The molecule has 1 fully saturated rings. The maximum Gasteiger partial charge on any atom is 0.310 e. The van der Waals surface area contributed by atoms with Gasteiger partial charge in [0.15, 0.2) is 0 Å². The average molecular weight is 224 g/mol. The van der Waals surface area contributed by atoms with E-state index in [1.165, 1.54) is 6.20 Å². The fraction of sp³-hybridized carbons (Fsp3) is 0.636. The molecule has 0 bridgehead atoms. The molecule has 88 valence electrons. The van der Waals surface area contributed by atoms with Gasteiger partial charge in [-0.1, -0.05) is 13.8 Å². The third kappa shape index (κ3) is 2.14. The molecule has 0 saturated carbocycles. The second-order valence-corrected chi connectivity index (χ2v) is 4.65. The van der Waals surface area contributed by atoms with E-state index in [2.05, 4.69) is 40.7 Å². The number of anilines is 1. The highest BCUT2D eigenvalue weighted by Crippen LogP contribution is 2.24. The first-order valence-electron chi connectivity index (χ1n) is 5.51. The van der Waals surface area contributed by atoms with Crippen LogP contribution in [-0.4, -0.2) is 41.2 Å². The zero-order chi connectivity index (χ0) is 11.7. The van der Waals surface area contributed by atoms with Crippen molar-refractivity contribution in [2.75, 3.05) is 25.2 Å². The van der Waals surface area contributed by atoms with E-state index in [-0.39, 0.29) is 0 Å². The molecule has 2 heterocycles. The lowest BCUT2D eigenvalue weighted by molar-refractivity contribution is 0.392. The maximum atomic E-state index is 13.0. The summed E-state index contributed by atoms with van der Waals surface area (Å²) in [7, 11) is 2.06. The van der Waals surface area contributed by atoms with Gasteiger partial charge < -0.3 is 4.90 Å². The predicted molar refractivity (Wildman–Crippen MR) is 60.6 cm³/mol. The number of nitrogens with zero attached hydrogens (tertiary/aromatic N) is 4. The van der Waals surface area contributed by atoms with Gasteiger partial charge in [-0.05, 0) is 19.0 Å². The summed E-state index contributed by atoms with van der Waals surface area (Å²) in [6, 6.07) is 2.15. The van der Waals surface area contributed by atoms with Gasteiger partial charge in [0.2, 0.25) is 0 Å². The number of hydrogen-bond acceptors (Lipinski definition) is 4. The molecule has 0 aliphatic carbocycles. The molecule has 0 N–H and O–H groups in total. The molecular weight excluding hydrogens is 207 g/mol. The highest BCUT2D eigenvalue weighted by molar-refractivity contribution is 5.39. The van der Waals surface area contributed by atoms with Crippen LogP contribution in [0.5, 0.6) is 0 Å². The van der Waals surface area contributed by atoms with Crippen molar-refractivity contribution in [2.24, 2.45) is 5.92 Å². The van der Waals surface area contributed by atoms with E-state index in [0.29, 0.717) is 17.8 Å². The van der Waals surface area contributed by atoms with Crippen molar-refractivity contribution in [3.05, 3.63) is 18.3 Å². The Morgan fingerprint density at radius 3 is 2.88 bits per heavy atom. The molecule has 1 aromatic heterocycles. The minimum Gasteiger partial charge on any atom is -0.339 e. The van der Waals surface area contributed by atoms with Crippen LogP contribution in [0, 0.1) is 12.0 Å². The Balaban J connectivity index is 2.25. The molecule has 1 saturated heterocycles. The van der Waals surface area contributed by atoms with E-state index in [9.17, 15) is 4.39 Å². The molecule has 1 aliphatic rings. The zero-order valence-electron chi connectivity index (χ0n) is 9.89. The second kappa shape index (κ2) is 4.33. The Morgan fingerprint density at radius 1 is 1.50 bits per heavy atom. The molecule has 4 nitrogen and oxygen atoms in total. The third-order valence-corrected chi connectivity index (χ3v) is 2.97. The summed E-state index contributed by atoms with van der Waals surface area (Å²) in [5, 5.41) is 0. The van der Waals surface area contributed by atoms with E-state index in [4.69, 9.17) is 0 Å². The second-order valence-electron chi connectivity index (χ2n) is 4.65. The fourth-order valence-corrected chi connectivity index (χ4v) is 2.14. The first-order valence-corrected chi connectivity index (χ1v) is 5.51. The Morgan fingerprint density at radius 2 is 2.25 bits per heavy atom. The summed E-state index contributed by atoms with van der Waals surface area (Å²) in [4.78, 5) is 11.7. The summed E-state index contributed by atoms with van der Waals surface area (Å²) >= 11 is 0. The van der Waals surface area contributed by atoms with Crippen molar-refractivity contribution in [3.63, 3.8) is 0 Å². The molecule has 16 heavy (non-hydrogen) atoms. The van der Waals surface area contributed by atoms with Crippen molar-refractivity contribution >= 4 is 5.82 Å². The van der Waals surface area contributed by atoms with Crippen LogP contribution < -0.4 is 4.90 Å². The molecule has 1 atom stereocenters. The fourth-order valence-electron chi connectivity index (χ4n) is 2.14. The molecule has 0 amide bonds. The first-order chi connectivity index (χ1) is 7.58. The Kier molecular flexibility index (Phi) is 3.05. The van der Waals surface area contributed by atoms with E-state index in [1.54, 1.807) is 6.07 Å². The molecule has 5 heteroatoms. The average Bonchev–Trinajstić information content (AvgIpc) is 2.60. The lowest BCUT2D eigenvalue weighted by Crippen LogP contribution is -2.35. The van der Waals surface area contributed by atoms with E-state index in [1.807, 2.05) is 0 Å². The quantitative estimate of drug-likeness (QED) is 0.710. The highest BCUT2D eigenvalue weighted by Gasteiger charge is 2.31. The minimum atomic E-state index is -0.658. The van der Waals surface area contributed by atoms with Crippen LogP contribution in [0.1, 0.15) is 13.8 Å². The normalized spacial score (nSPS) is 22.1. The Labute approximate surface area is 95.1 Å². The Bertz CT molecular complexity index is 369. The lowest BCUT2D eigenvalue weighted by atomic mass is 10.0. The summed E-state index contributed by atoms with van der Waals surface area (Å²) in [6.07, 6.45) is 0.808. The summed E-state index contributed by atoms with van der Waals surface area (Å²) in [5.41, 5.74) is 0. The van der Waals surface area contributed by atoms with Crippen LogP contribution in [0.25, 0.3) is 0 Å². The van der Waals surface area contributed by atoms with Crippen molar-refractivity contribution < 1.29 is 4.39 Å². The van der Waals surface area contributed by atoms with Gasteiger partial charge in [-0.25, -0.2) is 4.98 Å². The smallest absolute Gasteiger partial charge is 0.310 e. The molecule has 0 unspecified atom stereocenters. The van der Waals surface area contributed by atoms with Gasteiger partial charge in [0.25, 0.3) is 0 Å². The number of halogens is 1. The van der Waals surface area contributed by atoms with Gasteiger partial charge in [-0.15, -0.1) is 0 Å². The monoisotopic (exact) mass is 224 g/mol. The minimum absolute atomic E-state index is 0.388. The molecule has 2 rings (SSSR count). The largest absolute Gasteiger partial charge is 0.339 e. The van der Waals surface area contributed by atoms with Crippen LogP contribution >= 0.6 is 0 Å². The summed E-state index contributed by atoms with van der Waals surface area (Å²) < 4.78 is 13.0. The number of likely N-dealkylation sites (N-methyl/N-ethyl adjacent to an activating group) is 1. The van der Waals surface area contributed by atoms with Crippen LogP contribution in [0.2, 0.25) is 0 Å². The Hall–Kier alpha value is -1.23. The van der Waals surface area contributed by atoms with Gasteiger partial charge in [0.1, 0.15) is 5.82 Å². The zero-order valence-corrected chi connectivity index (χ0v) is 9.89. The molecule has 0 aromatic carbocycles. The van der Waals surface area contributed by atoms with Crippen molar-refractivity contribution in [1.29, 1.82) is 0 Å².